The van der Waals surface area contributed by atoms with E-state index < -0.39 is 9.84 Å². The number of imidazole rings is 1. The average Bonchev–Trinajstić information content (AvgIpc) is 3.33. The van der Waals surface area contributed by atoms with Crippen molar-refractivity contribution in [2.75, 3.05) is 45.6 Å². The number of aromatic nitrogens is 2. The number of piperazine rings is 1. The first-order chi connectivity index (χ1) is 14.1. The third-order valence-electron chi connectivity index (χ3n) is 6.94. The summed E-state index contributed by atoms with van der Waals surface area (Å²) in [4.78, 5) is 9.48. The molecule has 3 aliphatic rings. The summed E-state index contributed by atoms with van der Waals surface area (Å²) >= 11 is 0. The molecular formula is C21H36N4O3S. The standard InChI is InChI=1S/C21H36N4O3S/c1-28-13-12-25-20(16-23-10-11-24-9-5-8-19(24)15-23)14-22-21(25)29(26,27)17-18-6-3-2-4-7-18/h14,18-19H,2-13,15-17H2,1H3/t19-/m0/s1. The number of fused-ring (bicyclic) bond motifs is 1. The van der Waals surface area contributed by atoms with Gasteiger partial charge in [-0.05, 0) is 38.1 Å². The van der Waals surface area contributed by atoms with E-state index >= 15 is 0 Å². The molecule has 0 bridgehead atoms. The van der Waals surface area contributed by atoms with Crippen LogP contribution in [0.15, 0.2) is 11.4 Å². The largest absolute Gasteiger partial charge is 0.383 e. The quantitative estimate of drug-likeness (QED) is 0.637. The van der Waals surface area contributed by atoms with E-state index in [1.54, 1.807) is 13.3 Å². The molecule has 2 saturated heterocycles. The molecule has 0 N–H and O–H groups in total. The third-order valence-corrected chi connectivity index (χ3v) is 8.73. The molecule has 1 aliphatic carbocycles. The van der Waals surface area contributed by atoms with Crippen molar-refractivity contribution in [1.29, 1.82) is 0 Å². The second-order valence-electron chi connectivity index (χ2n) is 9.03. The van der Waals surface area contributed by atoms with Gasteiger partial charge in [0, 0.05) is 45.9 Å². The number of ether oxygens (including phenoxy) is 1. The predicted octanol–water partition coefficient (Wildman–Crippen LogP) is 2.16. The second-order valence-corrected chi connectivity index (χ2v) is 11.0. The minimum Gasteiger partial charge on any atom is -0.383 e. The molecule has 0 aromatic carbocycles. The first-order valence-corrected chi connectivity index (χ1v) is 12.9. The Labute approximate surface area is 175 Å². The molecule has 1 saturated carbocycles. The van der Waals surface area contributed by atoms with E-state index in [1.165, 1.54) is 25.8 Å². The Kier molecular flexibility index (Phi) is 6.94. The topological polar surface area (TPSA) is 67.7 Å². The molecule has 2 aliphatic heterocycles. The van der Waals surface area contributed by atoms with Gasteiger partial charge in [-0.3, -0.25) is 9.80 Å². The Hall–Kier alpha value is -0.960. The van der Waals surface area contributed by atoms with E-state index in [2.05, 4.69) is 14.8 Å². The zero-order valence-corrected chi connectivity index (χ0v) is 18.6. The first-order valence-electron chi connectivity index (χ1n) is 11.3. The lowest BCUT2D eigenvalue weighted by Gasteiger charge is -2.37. The Morgan fingerprint density at radius 3 is 2.72 bits per heavy atom. The van der Waals surface area contributed by atoms with Gasteiger partial charge >= 0.3 is 0 Å². The molecule has 1 aromatic rings. The molecule has 0 radical (unpaired) electrons. The van der Waals surface area contributed by atoms with Crippen LogP contribution in [-0.4, -0.2) is 79.5 Å². The summed E-state index contributed by atoms with van der Waals surface area (Å²) in [7, 11) is -1.73. The van der Waals surface area contributed by atoms with Gasteiger partial charge in [-0.15, -0.1) is 0 Å². The van der Waals surface area contributed by atoms with E-state index in [9.17, 15) is 8.42 Å². The lowest BCUT2D eigenvalue weighted by Crippen LogP contribution is -2.49. The van der Waals surface area contributed by atoms with Crippen LogP contribution >= 0.6 is 0 Å². The molecule has 1 aromatic heterocycles. The van der Waals surface area contributed by atoms with Crippen LogP contribution in [0.2, 0.25) is 0 Å². The molecule has 3 fully saturated rings. The highest BCUT2D eigenvalue weighted by atomic mass is 32.2. The average molecular weight is 425 g/mol. The normalized spacial score (nSPS) is 24.8. The van der Waals surface area contributed by atoms with Gasteiger partial charge in [0.15, 0.2) is 0 Å². The highest BCUT2D eigenvalue weighted by Gasteiger charge is 2.32. The lowest BCUT2D eigenvalue weighted by molar-refractivity contribution is 0.0967. The minimum absolute atomic E-state index is 0.233. The van der Waals surface area contributed by atoms with Gasteiger partial charge in [0.05, 0.1) is 24.3 Å². The molecule has 8 heteroatoms. The van der Waals surface area contributed by atoms with E-state index in [0.717, 1.165) is 57.6 Å². The van der Waals surface area contributed by atoms with Gasteiger partial charge in [-0.25, -0.2) is 13.4 Å². The monoisotopic (exact) mass is 424 g/mol. The van der Waals surface area contributed by atoms with Crippen LogP contribution in [0.3, 0.4) is 0 Å². The van der Waals surface area contributed by atoms with Crippen molar-refractivity contribution in [2.24, 2.45) is 5.92 Å². The second kappa shape index (κ2) is 9.45. The van der Waals surface area contributed by atoms with Crippen molar-refractivity contribution in [3.63, 3.8) is 0 Å². The maximum absolute atomic E-state index is 13.2. The molecular weight excluding hydrogens is 388 g/mol. The van der Waals surface area contributed by atoms with Crippen LogP contribution in [0.5, 0.6) is 0 Å². The van der Waals surface area contributed by atoms with Crippen LogP contribution in [-0.2, 0) is 27.7 Å². The Bertz CT molecular complexity index is 773. The SMILES string of the molecule is COCCn1c(CN2CCN3CCC[C@H]3C2)cnc1S(=O)(=O)CC1CCCCC1. The zero-order chi connectivity index (χ0) is 20.3. The van der Waals surface area contributed by atoms with Crippen LogP contribution in [0.1, 0.15) is 50.6 Å². The molecule has 3 heterocycles. The van der Waals surface area contributed by atoms with Crippen LogP contribution < -0.4 is 0 Å². The Balaban J connectivity index is 1.49. The maximum atomic E-state index is 13.2. The minimum atomic E-state index is -3.39. The van der Waals surface area contributed by atoms with Crippen molar-refractivity contribution >= 4 is 9.84 Å². The van der Waals surface area contributed by atoms with Crippen molar-refractivity contribution in [3.8, 4) is 0 Å². The fourth-order valence-electron chi connectivity index (χ4n) is 5.35. The first kappa shape index (κ1) is 21.3. The van der Waals surface area contributed by atoms with Crippen molar-refractivity contribution in [1.82, 2.24) is 19.4 Å². The van der Waals surface area contributed by atoms with Crippen LogP contribution in [0, 0.1) is 5.92 Å². The predicted molar refractivity (Wildman–Crippen MR) is 113 cm³/mol. The summed E-state index contributed by atoms with van der Waals surface area (Å²) in [5, 5.41) is 0.245. The molecule has 29 heavy (non-hydrogen) atoms. The number of nitrogens with zero attached hydrogens (tertiary/aromatic N) is 4. The summed E-state index contributed by atoms with van der Waals surface area (Å²) in [6, 6.07) is 0.661. The van der Waals surface area contributed by atoms with Crippen molar-refractivity contribution in [3.05, 3.63) is 11.9 Å². The fourth-order valence-corrected chi connectivity index (χ4v) is 7.22. The summed E-state index contributed by atoms with van der Waals surface area (Å²) in [6.07, 6.45) is 9.94. The number of methoxy groups -OCH3 is 1. The third kappa shape index (κ3) is 5.03. The molecule has 0 spiro atoms. The van der Waals surface area contributed by atoms with Gasteiger partial charge in [0.25, 0.3) is 0 Å². The summed E-state index contributed by atoms with van der Waals surface area (Å²) in [6.45, 7) is 6.24. The Morgan fingerprint density at radius 2 is 1.93 bits per heavy atom. The van der Waals surface area contributed by atoms with Gasteiger partial charge in [-0.1, -0.05) is 19.3 Å². The van der Waals surface area contributed by atoms with E-state index in [-0.39, 0.29) is 16.8 Å². The molecule has 1 atom stereocenters. The zero-order valence-electron chi connectivity index (χ0n) is 17.8. The summed E-state index contributed by atoms with van der Waals surface area (Å²) in [5.41, 5.74) is 0.996. The van der Waals surface area contributed by atoms with E-state index in [4.69, 9.17) is 4.74 Å². The number of sulfone groups is 1. The molecule has 0 amide bonds. The van der Waals surface area contributed by atoms with Crippen molar-refractivity contribution in [2.45, 2.75) is 69.2 Å². The van der Waals surface area contributed by atoms with Gasteiger partial charge in [0.1, 0.15) is 0 Å². The summed E-state index contributed by atoms with van der Waals surface area (Å²) < 4.78 is 33.6. The summed E-state index contributed by atoms with van der Waals surface area (Å²) in [5.74, 6) is 0.511. The van der Waals surface area contributed by atoms with E-state index in [0.29, 0.717) is 19.2 Å². The Morgan fingerprint density at radius 1 is 1.10 bits per heavy atom. The highest BCUT2D eigenvalue weighted by Crippen LogP contribution is 2.28. The van der Waals surface area contributed by atoms with Crippen LogP contribution in [0.25, 0.3) is 0 Å². The number of hydrogen-bond donors (Lipinski definition) is 0. The maximum Gasteiger partial charge on any atom is 0.227 e. The molecule has 4 rings (SSSR count). The molecule has 7 nitrogen and oxygen atoms in total. The van der Waals surface area contributed by atoms with Gasteiger partial charge < -0.3 is 9.30 Å². The fraction of sp³-hybridized carbons (Fsp3) is 0.857. The molecule has 164 valence electrons. The lowest BCUT2D eigenvalue weighted by atomic mass is 9.91. The van der Waals surface area contributed by atoms with Crippen molar-refractivity contribution < 1.29 is 13.2 Å². The van der Waals surface area contributed by atoms with Gasteiger partial charge in [0.2, 0.25) is 15.0 Å². The number of rotatable bonds is 8. The molecule has 0 unspecified atom stereocenters. The van der Waals surface area contributed by atoms with Gasteiger partial charge in [-0.2, -0.15) is 0 Å². The number of hydrogen-bond acceptors (Lipinski definition) is 6. The van der Waals surface area contributed by atoms with E-state index in [1.807, 2.05) is 4.57 Å². The van der Waals surface area contributed by atoms with Crippen LogP contribution in [0.4, 0.5) is 0 Å². The highest BCUT2D eigenvalue weighted by molar-refractivity contribution is 7.91. The smallest absolute Gasteiger partial charge is 0.227 e.